The van der Waals surface area contributed by atoms with Gasteiger partial charge in [0.1, 0.15) is 0 Å². The van der Waals surface area contributed by atoms with E-state index in [0.717, 1.165) is 15.6 Å². The summed E-state index contributed by atoms with van der Waals surface area (Å²) in [4.78, 5) is 18.7. The SMILES string of the molecule is Cc1ccc(CN(C)C(=O)CSc2n[nH]c(-c3ccccc3Br)n2)c(C)c1. The molecule has 3 aromatic rings. The number of thioether (sulfide) groups is 1. The first-order valence-electron chi connectivity index (χ1n) is 8.54. The smallest absolute Gasteiger partial charge is 0.233 e. The molecule has 1 aromatic heterocycles. The highest BCUT2D eigenvalue weighted by Gasteiger charge is 2.14. The number of amides is 1. The van der Waals surface area contributed by atoms with Crippen molar-refractivity contribution in [2.24, 2.45) is 0 Å². The summed E-state index contributed by atoms with van der Waals surface area (Å²) in [5.74, 6) is 1.03. The summed E-state index contributed by atoms with van der Waals surface area (Å²) in [6.45, 7) is 4.75. The third-order valence-electron chi connectivity index (χ3n) is 4.25. The monoisotopic (exact) mass is 444 g/mol. The highest BCUT2D eigenvalue weighted by atomic mass is 79.9. The summed E-state index contributed by atoms with van der Waals surface area (Å²) in [5, 5.41) is 7.70. The first kappa shape index (κ1) is 19.6. The average molecular weight is 445 g/mol. The van der Waals surface area contributed by atoms with E-state index in [1.54, 1.807) is 4.90 Å². The van der Waals surface area contributed by atoms with E-state index in [1.165, 1.54) is 22.9 Å². The van der Waals surface area contributed by atoms with Crippen LogP contribution in [0.2, 0.25) is 0 Å². The van der Waals surface area contributed by atoms with Crippen molar-refractivity contribution in [1.29, 1.82) is 0 Å². The number of benzene rings is 2. The Morgan fingerprint density at radius 1 is 1.22 bits per heavy atom. The van der Waals surface area contributed by atoms with E-state index in [-0.39, 0.29) is 5.91 Å². The largest absolute Gasteiger partial charge is 0.341 e. The van der Waals surface area contributed by atoms with Gasteiger partial charge in [0.15, 0.2) is 5.82 Å². The van der Waals surface area contributed by atoms with E-state index in [0.29, 0.717) is 23.3 Å². The molecule has 0 radical (unpaired) electrons. The van der Waals surface area contributed by atoms with Crippen LogP contribution in [0.3, 0.4) is 0 Å². The number of aromatic nitrogens is 3. The number of carbonyl (C=O) groups is 1. The zero-order valence-corrected chi connectivity index (χ0v) is 17.9. The minimum atomic E-state index is 0.0483. The molecular weight excluding hydrogens is 424 g/mol. The number of aryl methyl sites for hydroxylation is 2. The Kier molecular flexibility index (Phi) is 6.34. The van der Waals surface area contributed by atoms with Gasteiger partial charge in [0.05, 0.1) is 5.75 Å². The van der Waals surface area contributed by atoms with Gasteiger partial charge >= 0.3 is 0 Å². The van der Waals surface area contributed by atoms with Crippen LogP contribution in [-0.4, -0.2) is 38.8 Å². The number of carbonyl (C=O) groups excluding carboxylic acids is 1. The predicted molar refractivity (Wildman–Crippen MR) is 113 cm³/mol. The molecule has 0 fully saturated rings. The third-order valence-corrected chi connectivity index (χ3v) is 5.77. The maximum atomic E-state index is 12.5. The van der Waals surface area contributed by atoms with Gasteiger partial charge in [-0.15, -0.1) is 5.10 Å². The Hall–Kier alpha value is -2.12. The van der Waals surface area contributed by atoms with Gasteiger partial charge in [-0.2, -0.15) is 0 Å². The molecule has 0 aliphatic heterocycles. The van der Waals surface area contributed by atoms with Gasteiger partial charge in [-0.1, -0.05) is 69.7 Å². The van der Waals surface area contributed by atoms with Crippen molar-refractivity contribution in [2.75, 3.05) is 12.8 Å². The van der Waals surface area contributed by atoms with Crippen molar-refractivity contribution in [3.63, 3.8) is 0 Å². The van der Waals surface area contributed by atoms with Crippen LogP contribution < -0.4 is 0 Å². The van der Waals surface area contributed by atoms with E-state index >= 15 is 0 Å². The summed E-state index contributed by atoms with van der Waals surface area (Å²) in [5.41, 5.74) is 4.53. The first-order chi connectivity index (χ1) is 12.9. The highest BCUT2D eigenvalue weighted by Crippen LogP contribution is 2.26. The molecule has 0 aliphatic rings. The van der Waals surface area contributed by atoms with Crippen LogP contribution in [0.1, 0.15) is 16.7 Å². The molecule has 1 amide bonds. The Labute approximate surface area is 171 Å². The fraction of sp³-hybridized carbons (Fsp3) is 0.250. The molecule has 27 heavy (non-hydrogen) atoms. The number of nitrogens with zero attached hydrogens (tertiary/aromatic N) is 3. The fourth-order valence-electron chi connectivity index (χ4n) is 2.69. The zero-order chi connectivity index (χ0) is 19.4. The van der Waals surface area contributed by atoms with Crippen molar-refractivity contribution in [2.45, 2.75) is 25.5 Å². The molecule has 5 nitrogen and oxygen atoms in total. The second kappa shape index (κ2) is 8.71. The van der Waals surface area contributed by atoms with Crippen molar-refractivity contribution in [3.05, 3.63) is 63.6 Å². The van der Waals surface area contributed by atoms with Gasteiger partial charge < -0.3 is 4.90 Å². The Balaban J connectivity index is 1.58. The second-order valence-corrected chi connectivity index (χ2v) is 8.21. The lowest BCUT2D eigenvalue weighted by Gasteiger charge is -2.18. The van der Waals surface area contributed by atoms with E-state index < -0.39 is 0 Å². The molecule has 1 N–H and O–H groups in total. The van der Waals surface area contributed by atoms with Crippen LogP contribution in [0.5, 0.6) is 0 Å². The number of hydrogen-bond donors (Lipinski definition) is 1. The standard InChI is InChI=1S/C20H21BrN4OS/c1-13-8-9-15(14(2)10-13)11-25(3)18(26)12-27-20-22-19(23-24-20)16-6-4-5-7-17(16)21/h4-10H,11-12H2,1-3H3,(H,22,23,24). The van der Waals surface area contributed by atoms with Gasteiger partial charge in [0, 0.05) is 23.6 Å². The minimum Gasteiger partial charge on any atom is -0.341 e. The number of aromatic amines is 1. The minimum absolute atomic E-state index is 0.0483. The van der Waals surface area contributed by atoms with Crippen LogP contribution in [0.15, 0.2) is 52.1 Å². The molecule has 7 heteroatoms. The van der Waals surface area contributed by atoms with Gasteiger partial charge in [-0.25, -0.2) is 4.98 Å². The van der Waals surface area contributed by atoms with E-state index in [9.17, 15) is 4.79 Å². The van der Waals surface area contributed by atoms with Gasteiger partial charge in [0.2, 0.25) is 11.1 Å². The lowest BCUT2D eigenvalue weighted by Crippen LogP contribution is -2.28. The van der Waals surface area contributed by atoms with Crippen LogP contribution in [0.4, 0.5) is 0 Å². The van der Waals surface area contributed by atoms with Crippen molar-refractivity contribution < 1.29 is 4.79 Å². The summed E-state index contributed by atoms with van der Waals surface area (Å²) in [7, 11) is 1.83. The summed E-state index contributed by atoms with van der Waals surface area (Å²) in [6, 6.07) is 14.1. The lowest BCUT2D eigenvalue weighted by molar-refractivity contribution is -0.127. The van der Waals surface area contributed by atoms with Crippen molar-refractivity contribution in [1.82, 2.24) is 20.1 Å². The van der Waals surface area contributed by atoms with Gasteiger partial charge in [-0.05, 0) is 31.0 Å². The number of hydrogen-bond acceptors (Lipinski definition) is 4. The van der Waals surface area contributed by atoms with E-state index in [2.05, 4.69) is 63.2 Å². The summed E-state index contributed by atoms with van der Waals surface area (Å²) >= 11 is 4.85. The quantitative estimate of drug-likeness (QED) is 0.564. The average Bonchev–Trinajstić information content (AvgIpc) is 3.11. The molecule has 1 heterocycles. The molecule has 0 atom stereocenters. The number of halogens is 1. The van der Waals surface area contributed by atoms with Crippen LogP contribution in [0, 0.1) is 13.8 Å². The molecule has 2 aromatic carbocycles. The Bertz CT molecular complexity index is 957. The van der Waals surface area contributed by atoms with Gasteiger partial charge in [0.25, 0.3) is 0 Å². The van der Waals surface area contributed by atoms with Crippen LogP contribution in [-0.2, 0) is 11.3 Å². The predicted octanol–water partition coefficient (Wildman–Crippen LogP) is 4.60. The molecule has 0 aliphatic carbocycles. The van der Waals surface area contributed by atoms with Crippen LogP contribution in [0.25, 0.3) is 11.4 Å². The Morgan fingerprint density at radius 3 is 2.74 bits per heavy atom. The number of H-pyrrole nitrogens is 1. The molecule has 0 spiro atoms. The molecule has 0 saturated carbocycles. The maximum Gasteiger partial charge on any atom is 0.233 e. The highest BCUT2D eigenvalue weighted by molar-refractivity contribution is 9.10. The van der Waals surface area contributed by atoms with Gasteiger partial charge in [-0.3, -0.25) is 9.89 Å². The van der Waals surface area contributed by atoms with Crippen molar-refractivity contribution >= 4 is 33.6 Å². The summed E-state index contributed by atoms with van der Waals surface area (Å²) in [6.07, 6.45) is 0. The molecule has 0 unspecified atom stereocenters. The molecule has 140 valence electrons. The molecular formula is C20H21BrN4OS. The maximum absolute atomic E-state index is 12.5. The molecule has 3 rings (SSSR count). The number of rotatable bonds is 6. The number of nitrogens with one attached hydrogen (secondary N) is 1. The molecule has 0 bridgehead atoms. The first-order valence-corrected chi connectivity index (χ1v) is 10.3. The fourth-order valence-corrected chi connectivity index (χ4v) is 3.90. The Morgan fingerprint density at radius 2 is 2.00 bits per heavy atom. The second-order valence-electron chi connectivity index (χ2n) is 6.41. The lowest BCUT2D eigenvalue weighted by atomic mass is 10.1. The summed E-state index contributed by atoms with van der Waals surface area (Å²) < 4.78 is 0.946. The molecule has 0 saturated heterocycles. The zero-order valence-electron chi connectivity index (χ0n) is 15.5. The van der Waals surface area contributed by atoms with E-state index in [1.807, 2.05) is 31.3 Å². The van der Waals surface area contributed by atoms with E-state index in [4.69, 9.17) is 0 Å². The van der Waals surface area contributed by atoms with Crippen molar-refractivity contribution in [3.8, 4) is 11.4 Å². The third kappa shape index (κ3) is 4.99. The topological polar surface area (TPSA) is 61.9 Å². The normalized spacial score (nSPS) is 10.8. The van der Waals surface area contributed by atoms with Crippen LogP contribution >= 0.6 is 27.7 Å².